The van der Waals surface area contributed by atoms with Crippen LogP contribution in [0.25, 0.3) is 0 Å². The zero-order valence-corrected chi connectivity index (χ0v) is 13.8. The molecule has 0 aliphatic carbocycles. The van der Waals surface area contributed by atoms with Crippen LogP contribution >= 0.6 is 23.7 Å². The second kappa shape index (κ2) is 7.41. The number of hydrogen-bond donors (Lipinski definition) is 1. The number of amides is 2. The monoisotopic (exact) mass is 345 g/mol. The molecule has 122 valence electrons. The third-order valence-electron chi connectivity index (χ3n) is 3.96. The Labute approximate surface area is 139 Å². The summed E-state index contributed by atoms with van der Waals surface area (Å²) < 4.78 is 5.29. The molecule has 2 aliphatic rings. The molecule has 3 heterocycles. The van der Waals surface area contributed by atoms with Crippen molar-refractivity contribution >= 4 is 35.6 Å². The highest BCUT2D eigenvalue weighted by molar-refractivity contribution is 7.10. The first-order valence-electron chi connectivity index (χ1n) is 7.14. The van der Waals surface area contributed by atoms with Gasteiger partial charge < -0.3 is 20.3 Å². The van der Waals surface area contributed by atoms with Crippen LogP contribution in [-0.2, 0) is 14.3 Å². The Hall–Kier alpha value is -1.15. The highest BCUT2D eigenvalue weighted by Gasteiger charge is 2.40. The number of hydrogen-bond acceptors (Lipinski definition) is 5. The first-order valence-corrected chi connectivity index (χ1v) is 8.02. The number of morpholine rings is 1. The van der Waals surface area contributed by atoms with Gasteiger partial charge in [0.25, 0.3) is 5.91 Å². The Morgan fingerprint density at radius 2 is 2.09 bits per heavy atom. The molecule has 1 aromatic rings. The lowest BCUT2D eigenvalue weighted by Crippen LogP contribution is -2.48. The number of nitrogens with zero attached hydrogens (tertiary/aromatic N) is 2. The highest BCUT2D eigenvalue weighted by Crippen LogP contribution is 2.30. The van der Waals surface area contributed by atoms with E-state index >= 15 is 0 Å². The molecular weight excluding hydrogens is 326 g/mol. The van der Waals surface area contributed by atoms with Crippen molar-refractivity contribution in [1.29, 1.82) is 0 Å². The SMILES string of the molecule is Cl.N[C@H]1CCN([C@H](C(=O)N2CCOCC2)c2cccs2)C1=O. The van der Waals surface area contributed by atoms with E-state index in [0.29, 0.717) is 39.3 Å². The number of likely N-dealkylation sites (tertiary alicyclic amines) is 1. The molecule has 2 aliphatic heterocycles. The van der Waals surface area contributed by atoms with E-state index in [-0.39, 0.29) is 24.2 Å². The van der Waals surface area contributed by atoms with Gasteiger partial charge in [0.2, 0.25) is 5.91 Å². The van der Waals surface area contributed by atoms with E-state index in [0.717, 1.165) is 4.88 Å². The Morgan fingerprint density at radius 3 is 2.64 bits per heavy atom. The van der Waals surface area contributed by atoms with Gasteiger partial charge in [-0.15, -0.1) is 23.7 Å². The van der Waals surface area contributed by atoms with E-state index in [9.17, 15) is 9.59 Å². The topological polar surface area (TPSA) is 75.9 Å². The molecule has 1 aromatic heterocycles. The maximum atomic E-state index is 12.9. The summed E-state index contributed by atoms with van der Waals surface area (Å²) in [6.45, 7) is 2.80. The predicted molar refractivity (Wildman–Crippen MR) is 86.0 cm³/mol. The maximum absolute atomic E-state index is 12.9. The Bertz CT molecular complexity index is 519. The number of ether oxygens (including phenoxy) is 1. The van der Waals surface area contributed by atoms with Gasteiger partial charge in [-0.05, 0) is 17.9 Å². The molecule has 0 bridgehead atoms. The molecule has 2 saturated heterocycles. The third kappa shape index (κ3) is 3.27. The van der Waals surface area contributed by atoms with Crippen LogP contribution in [0.4, 0.5) is 0 Å². The molecule has 0 aromatic carbocycles. The van der Waals surface area contributed by atoms with Crippen molar-refractivity contribution in [2.75, 3.05) is 32.8 Å². The van der Waals surface area contributed by atoms with Crippen LogP contribution < -0.4 is 5.73 Å². The summed E-state index contributed by atoms with van der Waals surface area (Å²) in [5, 5.41) is 1.93. The lowest BCUT2D eigenvalue weighted by Gasteiger charge is -2.34. The average Bonchev–Trinajstić information content (AvgIpc) is 3.14. The van der Waals surface area contributed by atoms with Crippen molar-refractivity contribution in [3.63, 3.8) is 0 Å². The summed E-state index contributed by atoms with van der Waals surface area (Å²) >= 11 is 1.50. The largest absolute Gasteiger partial charge is 0.378 e. The Morgan fingerprint density at radius 1 is 1.36 bits per heavy atom. The van der Waals surface area contributed by atoms with E-state index < -0.39 is 12.1 Å². The number of rotatable bonds is 3. The zero-order chi connectivity index (χ0) is 14.8. The molecule has 2 N–H and O–H groups in total. The smallest absolute Gasteiger partial charge is 0.251 e. The van der Waals surface area contributed by atoms with Crippen molar-refractivity contribution in [2.24, 2.45) is 5.73 Å². The molecule has 0 radical (unpaired) electrons. The van der Waals surface area contributed by atoms with Gasteiger partial charge in [0.15, 0.2) is 0 Å². The van der Waals surface area contributed by atoms with Crippen LogP contribution in [0, 0.1) is 0 Å². The summed E-state index contributed by atoms with van der Waals surface area (Å²) in [6, 6.07) is 2.79. The highest BCUT2D eigenvalue weighted by atomic mass is 35.5. The summed E-state index contributed by atoms with van der Waals surface area (Å²) in [7, 11) is 0. The second-order valence-electron chi connectivity index (χ2n) is 5.28. The molecule has 0 spiro atoms. The van der Waals surface area contributed by atoms with Crippen molar-refractivity contribution in [3.05, 3.63) is 22.4 Å². The number of thiophene rings is 1. The first-order chi connectivity index (χ1) is 10.2. The van der Waals surface area contributed by atoms with Crippen molar-refractivity contribution < 1.29 is 14.3 Å². The number of carbonyl (C=O) groups is 2. The zero-order valence-electron chi connectivity index (χ0n) is 12.1. The standard InChI is InChI=1S/C14H19N3O3S.ClH/c15-10-3-4-17(13(10)18)12(11-2-1-9-21-11)14(19)16-5-7-20-8-6-16;/h1-2,9-10,12H,3-8,15H2;1H/t10-,12-;/m0./s1. The van der Waals surface area contributed by atoms with E-state index in [2.05, 4.69) is 0 Å². The van der Waals surface area contributed by atoms with Gasteiger partial charge in [-0.3, -0.25) is 9.59 Å². The normalized spacial score (nSPS) is 23.3. The van der Waals surface area contributed by atoms with Crippen molar-refractivity contribution in [1.82, 2.24) is 9.80 Å². The Balaban J connectivity index is 0.00000176. The first kappa shape index (κ1) is 17.2. The molecule has 3 rings (SSSR count). The molecule has 6 nitrogen and oxygen atoms in total. The molecule has 2 atom stereocenters. The number of nitrogens with two attached hydrogens (primary N) is 1. The van der Waals surface area contributed by atoms with Gasteiger partial charge in [0.1, 0.15) is 6.04 Å². The quantitative estimate of drug-likeness (QED) is 0.871. The Kier molecular flexibility index (Phi) is 5.80. The summed E-state index contributed by atoms with van der Waals surface area (Å²) in [4.78, 5) is 29.4. The molecule has 0 saturated carbocycles. The van der Waals surface area contributed by atoms with Gasteiger partial charge in [0.05, 0.1) is 19.3 Å². The van der Waals surface area contributed by atoms with Crippen LogP contribution in [0.5, 0.6) is 0 Å². The molecular formula is C14H20ClN3O3S. The van der Waals surface area contributed by atoms with Crippen LogP contribution in [0.1, 0.15) is 17.3 Å². The fraction of sp³-hybridized carbons (Fsp3) is 0.571. The fourth-order valence-electron chi connectivity index (χ4n) is 2.79. The van der Waals surface area contributed by atoms with Gasteiger partial charge >= 0.3 is 0 Å². The minimum atomic E-state index is -0.538. The van der Waals surface area contributed by atoms with Crippen molar-refractivity contribution in [3.8, 4) is 0 Å². The number of carbonyl (C=O) groups excluding carboxylic acids is 2. The van der Waals surface area contributed by atoms with Crippen LogP contribution in [0.2, 0.25) is 0 Å². The molecule has 2 fully saturated rings. The summed E-state index contributed by atoms with van der Waals surface area (Å²) in [5.74, 6) is -0.154. The van der Waals surface area contributed by atoms with Gasteiger partial charge in [-0.25, -0.2) is 0 Å². The van der Waals surface area contributed by atoms with Crippen LogP contribution in [0.15, 0.2) is 17.5 Å². The molecule has 8 heteroatoms. The maximum Gasteiger partial charge on any atom is 0.251 e. The predicted octanol–water partition coefficient (Wildman–Crippen LogP) is 0.629. The minimum absolute atomic E-state index is 0. The summed E-state index contributed by atoms with van der Waals surface area (Å²) in [6.07, 6.45) is 0.608. The van der Waals surface area contributed by atoms with Crippen molar-refractivity contribution in [2.45, 2.75) is 18.5 Å². The van der Waals surface area contributed by atoms with Gasteiger partial charge in [-0.2, -0.15) is 0 Å². The van der Waals surface area contributed by atoms with E-state index in [1.54, 1.807) is 9.80 Å². The summed E-state index contributed by atoms with van der Waals surface area (Å²) in [5.41, 5.74) is 5.81. The average molecular weight is 346 g/mol. The van der Waals surface area contributed by atoms with Gasteiger partial charge in [-0.1, -0.05) is 6.07 Å². The minimum Gasteiger partial charge on any atom is -0.378 e. The third-order valence-corrected chi connectivity index (χ3v) is 4.89. The van der Waals surface area contributed by atoms with E-state index in [1.165, 1.54) is 11.3 Å². The lowest BCUT2D eigenvalue weighted by atomic mass is 10.1. The molecule has 0 unspecified atom stereocenters. The van der Waals surface area contributed by atoms with E-state index in [4.69, 9.17) is 10.5 Å². The molecule has 2 amide bonds. The fourth-order valence-corrected chi connectivity index (χ4v) is 3.62. The molecule has 22 heavy (non-hydrogen) atoms. The number of halogens is 1. The van der Waals surface area contributed by atoms with E-state index in [1.807, 2.05) is 17.5 Å². The van der Waals surface area contributed by atoms with Gasteiger partial charge in [0, 0.05) is 24.5 Å². The van der Waals surface area contributed by atoms with Crippen LogP contribution in [0.3, 0.4) is 0 Å². The van der Waals surface area contributed by atoms with Crippen LogP contribution in [-0.4, -0.2) is 60.5 Å². The second-order valence-corrected chi connectivity index (χ2v) is 6.26. The lowest BCUT2D eigenvalue weighted by molar-refractivity contribution is -0.146.